The standard InChI is InChI=1S/C24H36N3S/c1-18-16-27(6,7)17-19(23(18)28-15-14-25-4)12-13-22-24(2,3)20-10-8-9-11-21(20)26(22)5/h8-13,25H,14-17H2,1-7H3/q+1/b19-12+,22-13+. The molecule has 2 aliphatic heterocycles. The van der Waals surface area contributed by atoms with E-state index in [1.54, 1.807) is 0 Å². The van der Waals surface area contributed by atoms with Gasteiger partial charge >= 0.3 is 0 Å². The molecule has 28 heavy (non-hydrogen) atoms. The van der Waals surface area contributed by atoms with Crippen molar-refractivity contribution < 1.29 is 4.48 Å². The Kier molecular flexibility index (Phi) is 6.14. The van der Waals surface area contributed by atoms with Gasteiger partial charge < -0.3 is 14.7 Å². The Morgan fingerprint density at radius 3 is 2.57 bits per heavy atom. The van der Waals surface area contributed by atoms with E-state index in [0.717, 1.165) is 29.9 Å². The van der Waals surface area contributed by atoms with Crippen molar-refractivity contribution in [2.24, 2.45) is 0 Å². The van der Waals surface area contributed by atoms with Gasteiger partial charge in [0.25, 0.3) is 0 Å². The highest BCUT2D eigenvalue weighted by Crippen LogP contribution is 2.46. The third-order valence-electron chi connectivity index (χ3n) is 5.92. The number of fused-ring (bicyclic) bond motifs is 1. The molecule has 0 saturated heterocycles. The number of anilines is 1. The van der Waals surface area contributed by atoms with E-state index in [0.29, 0.717) is 0 Å². The van der Waals surface area contributed by atoms with Crippen LogP contribution in [0.2, 0.25) is 0 Å². The summed E-state index contributed by atoms with van der Waals surface area (Å²) in [6, 6.07) is 8.79. The van der Waals surface area contributed by atoms with Crippen LogP contribution in [-0.2, 0) is 5.41 Å². The predicted molar refractivity (Wildman–Crippen MR) is 125 cm³/mol. The lowest BCUT2D eigenvalue weighted by atomic mass is 9.83. The molecule has 1 aromatic carbocycles. The molecule has 0 radical (unpaired) electrons. The number of hydrogen-bond acceptors (Lipinski definition) is 3. The molecule has 0 saturated carbocycles. The summed E-state index contributed by atoms with van der Waals surface area (Å²) in [6.07, 6.45) is 4.76. The fourth-order valence-electron chi connectivity index (χ4n) is 4.66. The van der Waals surface area contributed by atoms with Gasteiger partial charge in [0.2, 0.25) is 0 Å². The van der Waals surface area contributed by atoms with Gasteiger partial charge in [0, 0.05) is 46.6 Å². The van der Waals surface area contributed by atoms with E-state index in [4.69, 9.17) is 0 Å². The maximum atomic E-state index is 3.27. The molecule has 4 heteroatoms. The Balaban J connectivity index is 1.97. The fraction of sp³-hybridized carbons (Fsp3) is 0.500. The zero-order chi connectivity index (χ0) is 20.5. The lowest BCUT2D eigenvalue weighted by molar-refractivity contribution is -0.882. The van der Waals surface area contributed by atoms with Gasteiger partial charge in [0.1, 0.15) is 13.1 Å². The van der Waals surface area contributed by atoms with E-state index in [9.17, 15) is 0 Å². The highest BCUT2D eigenvalue weighted by molar-refractivity contribution is 8.03. The quantitative estimate of drug-likeness (QED) is 0.579. The second-order valence-corrected chi connectivity index (χ2v) is 10.4. The number of nitrogens with zero attached hydrogens (tertiary/aromatic N) is 2. The van der Waals surface area contributed by atoms with Crippen LogP contribution < -0.4 is 10.2 Å². The molecule has 0 fully saturated rings. The van der Waals surface area contributed by atoms with Gasteiger partial charge in [-0.15, -0.1) is 11.8 Å². The summed E-state index contributed by atoms with van der Waals surface area (Å²) in [6.45, 7) is 10.2. The molecule has 0 atom stereocenters. The van der Waals surface area contributed by atoms with Crippen LogP contribution in [0.1, 0.15) is 26.3 Å². The summed E-state index contributed by atoms with van der Waals surface area (Å²) in [5.74, 6) is 1.11. The Hall–Kier alpha value is -1.49. The maximum absolute atomic E-state index is 3.27. The molecule has 0 spiro atoms. The first-order chi connectivity index (χ1) is 13.2. The third-order valence-corrected chi connectivity index (χ3v) is 7.23. The normalized spacial score (nSPS) is 23.6. The minimum absolute atomic E-state index is 0.0274. The fourth-order valence-corrected chi connectivity index (χ4v) is 5.80. The lowest BCUT2D eigenvalue weighted by Gasteiger charge is -2.36. The number of thioether (sulfide) groups is 1. The molecule has 0 amide bonds. The largest absolute Gasteiger partial charge is 0.347 e. The van der Waals surface area contributed by atoms with E-state index in [1.165, 1.54) is 33.0 Å². The number of para-hydroxylation sites is 1. The minimum atomic E-state index is 0.0274. The smallest absolute Gasteiger partial charge is 0.105 e. The highest BCUT2D eigenvalue weighted by Gasteiger charge is 2.38. The van der Waals surface area contributed by atoms with E-state index >= 15 is 0 Å². The average Bonchev–Trinajstić information content (AvgIpc) is 2.81. The third kappa shape index (κ3) is 4.10. The number of likely N-dealkylation sites (N-methyl/N-ethyl adjacent to an activating group) is 2. The van der Waals surface area contributed by atoms with E-state index in [-0.39, 0.29) is 5.41 Å². The number of allylic oxidation sites excluding steroid dienone is 3. The topological polar surface area (TPSA) is 15.3 Å². The molecular formula is C24H36N3S+. The van der Waals surface area contributed by atoms with Crippen LogP contribution in [0.4, 0.5) is 5.69 Å². The van der Waals surface area contributed by atoms with Crippen molar-refractivity contribution in [3.8, 4) is 0 Å². The molecule has 0 unspecified atom stereocenters. The van der Waals surface area contributed by atoms with Gasteiger partial charge in [0.05, 0.1) is 14.1 Å². The number of benzene rings is 1. The van der Waals surface area contributed by atoms with Crippen LogP contribution in [0.25, 0.3) is 0 Å². The Morgan fingerprint density at radius 2 is 1.89 bits per heavy atom. The van der Waals surface area contributed by atoms with E-state index in [1.807, 2.05) is 18.8 Å². The van der Waals surface area contributed by atoms with Gasteiger partial charge in [-0.25, -0.2) is 0 Å². The maximum Gasteiger partial charge on any atom is 0.105 e. The van der Waals surface area contributed by atoms with Gasteiger partial charge in [-0.1, -0.05) is 38.1 Å². The molecule has 1 N–H and O–H groups in total. The number of quaternary nitrogens is 1. The summed E-state index contributed by atoms with van der Waals surface area (Å²) in [5, 5.41) is 3.27. The summed E-state index contributed by atoms with van der Waals surface area (Å²) in [4.78, 5) is 3.86. The second-order valence-electron chi connectivity index (χ2n) is 9.26. The highest BCUT2D eigenvalue weighted by atomic mass is 32.2. The molecule has 2 aliphatic rings. The Labute approximate surface area is 175 Å². The first-order valence-corrected chi connectivity index (χ1v) is 11.2. The molecule has 2 heterocycles. The summed E-state index contributed by atoms with van der Waals surface area (Å²) < 4.78 is 1.02. The predicted octanol–water partition coefficient (Wildman–Crippen LogP) is 4.54. The first kappa shape index (κ1) is 21.2. The number of rotatable bonds is 5. The van der Waals surface area contributed by atoms with Crippen molar-refractivity contribution >= 4 is 17.4 Å². The first-order valence-electron chi connectivity index (χ1n) is 10.2. The molecule has 0 aromatic heterocycles. The zero-order valence-corrected chi connectivity index (χ0v) is 19.4. The molecule has 3 nitrogen and oxygen atoms in total. The van der Waals surface area contributed by atoms with Gasteiger partial charge in [-0.05, 0) is 37.3 Å². The molecule has 3 rings (SSSR count). The van der Waals surface area contributed by atoms with Crippen LogP contribution in [0.15, 0.2) is 58.2 Å². The van der Waals surface area contributed by atoms with Gasteiger partial charge in [-0.3, -0.25) is 0 Å². The monoisotopic (exact) mass is 398 g/mol. The second kappa shape index (κ2) is 8.10. The summed E-state index contributed by atoms with van der Waals surface area (Å²) in [7, 11) is 8.89. The SMILES string of the molecule is CNCCSC1=C(C)C[N+](C)(C)C/C1=C\C=C1\N(C)c2ccccc2C1(C)C. The van der Waals surface area contributed by atoms with E-state index < -0.39 is 0 Å². The molecule has 152 valence electrons. The van der Waals surface area contributed by atoms with Crippen molar-refractivity contribution in [2.75, 3.05) is 58.5 Å². The van der Waals surface area contributed by atoms with Crippen LogP contribution in [0.5, 0.6) is 0 Å². The van der Waals surface area contributed by atoms with Gasteiger partial charge in [0.15, 0.2) is 0 Å². The molecular weight excluding hydrogens is 362 g/mol. The number of nitrogens with one attached hydrogen (secondary N) is 1. The Bertz CT molecular complexity index is 830. The van der Waals surface area contributed by atoms with Crippen LogP contribution >= 0.6 is 11.8 Å². The zero-order valence-electron chi connectivity index (χ0n) is 18.6. The van der Waals surface area contributed by atoms with Crippen molar-refractivity contribution in [3.63, 3.8) is 0 Å². The lowest BCUT2D eigenvalue weighted by Crippen LogP contribution is -2.45. The average molecular weight is 399 g/mol. The van der Waals surface area contributed by atoms with Crippen LogP contribution in [0, 0.1) is 0 Å². The van der Waals surface area contributed by atoms with Crippen molar-refractivity contribution in [2.45, 2.75) is 26.2 Å². The van der Waals surface area contributed by atoms with E-state index in [2.05, 4.69) is 88.5 Å². The van der Waals surface area contributed by atoms with Crippen molar-refractivity contribution in [1.82, 2.24) is 5.32 Å². The summed E-state index contributed by atoms with van der Waals surface area (Å²) in [5.41, 5.74) is 7.13. The number of hydrogen-bond donors (Lipinski definition) is 1. The van der Waals surface area contributed by atoms with Gasteiger partial charge in [-0.2, -0.15) is 0 Å². The molecule has 0 bridgehead atoms. The molecule has 1 aromatic rings. The summed E-state index contributed by atoms with van der Waals surface area (Å²) >= 11 is 2.01. The van der Waals surface area contributed by atoms with Crippen LogP contribution in [-0.4, -0.2) is 58.1 Å². The minimum Gasteiger partial charge on any atom is -0.347 e. The van der Waals surface area contributed by atoms with Crippen molar-refractivity contribution in [3.05, 3.63) is 63.7 Å². The molecule has 0 aliphatic carbocycles. The Morgan fingerprint density at radius 1 is 1.18 bits per heavy atom. The van der Waals surface area contributed by atoms with Crippen LogP contribution in [0.3, 0.4) is 0 Å². The van der Waals surface area contributed by atoms with Crippen molar-refractivity contribution in [1.29, 1.82) is 0 Å².